The molecule has 1 aromatic heterocycles. The third-order valence-electron chi connectivity index (χ3n) is 3.48. The van der Waals surface area contributed by atoms with Crippen LogP contribution >= 0.6 is 0 Å². The molecule has 1 aliphatic carbocycles. The van der Waals surface area contributed by atoms with E-state index in [2.05, 4.69) is 19.2 Å². The van der Waals surface area contributed by atoms with Crippen molar-refractivity contribution in [2.24, 2.45) is 5.41 Å². The molecule has 1 aliphatic rings. The van der Waals surface area contributed by atoms with Gasteiger partial charge in [0.25, 0.3) is 5.91 Å². The quantitative estimate of drug-likeness (QED) is 0.843. The molecule has 1 fully saturated rings. The number of rotatable bonds is 3. The lowest BCUT2D eigenvalue weighted by atomic mass is 10.2. The van der Waals surface area contributed by atoms with Crippen molar-refractivity contribution in [1.29, 1.82) is 0 Å². The number of nitrogens with zero attached hydrogens (tertiary/aromatic N) is 1. The second-order valence-electron chi connectivity index (χ2n) is 5.88. The van der Waals surface area contributed by atoms with Gasteiger partial charge in [0.15, 0.2) is 0 Å². The summed E-state index contributed by atoms with van der Waals surface area (Å²) in [4.78, 5) is 12.1. The summed E-state index contributed by atoms with van der Waals surface area (Å²) in [5.41, 5.74) is 7.29. The van der Waals surface area contributed by atoms with E-state index < -0.39 is 0 Å². The third-order valence-corrected chi connectivity index (χ3v) is 3.48. The number of amides is 1. The first kappa shape index (κ1) is 12.0. The van der Waals surface area contributed by atoms with Gasteiger partial charge >= 0.3 is 0 Å². The van der Waals surface area contributed by atoms with Gasteiger partial charge in [-0.25, -0.2) is 0 Å². The lowest BCUT2D eigenvalue weighted by Crippen LogP contribution is -2.30. The standard InChI is InChI=1S/C13H21N3O/c1-8(2)16-7-9(14)5-10(16)12(17)15-11-6-13(11,3)4/h5,7-8,11H,6,14H2,1-4H3,(H,15,17). The van der Waals surface area contributed by atoms with E-state index in [1.165, 1.54) is 0 Å². The van der Waals surface area contributed by atoms with E-state index in [0.29, 0.717) is 17.4 Å². The highest BCUT2D eigenvalue weighted by Crippen LogP contribution is 2.44. The second-order valence-corrected chi connectivity index (χ2v) is 5.88. The third kappa shape index (κ3) is 2.30. The Morgan fingerprint density at radius 2 is 2.18 bits per heavy atom. The van der Waals surface area contributed by atoms with Crippen molar-refractivity contribution in [2.75, 3.05) is 5.73 Å². The highest BCUT2D eigenvalue weighted by Gasteiger charge is 2.46. The molecule has 94 valence electrons. The number of anilines is 1. The van der Waals surface area contributed by atoms with Gasteiger partial charge < -0.3 is 15.6 Å². The largest absolute Gasteiger partial charge is 0.397 e. The summed E-state index contributed by atoms with van der Waals surface area (Å²) in [6.07, 6.45) is 2.87. The molecule has 2 rings (SSSR count). The van der Waals surface area contributed by atoms with E-state index in [4.69, 9.17) is 5.73 Å². The minimum atomic E-state index is -0.0222. The molecular formula is C13H21N3O. The lowest BCUT2D eigenvalue weighted by Gasteiger charge is -2.13. The predicted octanol–water partition coefficient (Wildman–Crippen LogP) is 2.18. The molecule has 0 aliphatic heterocycles. The highest BCUT2D eigenvalue weighted by molar-refractivity contribution is 5.94. The Morgan fingerprint density at radius 3 is 2.65 bits per heavy atom. The van der Waals surface area contributed by atoms with Crippen molar-refractivity contribution >= 4 is 11.6 Å². The Kier molecular flexibility index (Phi) is 2.68. The molecule has 1 unspecified atom stereocenters. The molecule has 1 atom stereocenters. The number of hydrogen-bond donors (Lipinski definition) is 2. The number of nitrogens with one attached hydrogen (secondary N) is 1. The first-order chi connectivity index (χ1) is 7.81. The first-order valence-electron chi connectivity index (χ1n) is 6.09. The van der Waals surface area contributed by atoms with Gasteiger partial charge in [0.1, 0.15) is 5.69 Å². The first-order valence-corrected chi connectivity index (χ1v) is 6.09. The van der Waals surface area contributed by atoms with E-state index in [1.54, 1.807) is 6.07 Å². The van der Waals surface area contributed by atoms with E-state index >= 15 is 0 Å². The Labute approximate surface area is 102 Å². The van der Waals surface area contributed by atoms with Crippen LogP contribution in [0.15, 0.2) is 12.3 Å². The summed E-state index contributed by atoms with van der Waals surface area (Å²) in [5, 5.41) is 3.05. The molecule has 1 saturated carbocycles. The summed E-state index contributed by atoms with van der Waals surface area (Å²) >= 11 is 0. The lowest BCUT2D eigenvalue weighted by molar-refractivity contribution is 0.0935. The molecule has 1 heterocycles. The Balaban J connectivity index is 2.14. The van der Waals surface area contributed by atoms with E-state index in [-0.39, 0.29) is 17.4 Å². The van der Waals surface area contributed by atoms with Crippen LogP contribution in [-0.2, 0) is 0 Å². The molecule has 0 radical (unpaired) electrons. The number of nitrogens with two attached hydrogens (primary N) is 1. The van der Waals surface area contributed by atoms with Crippen LogP contribution < -0.4 is 11.1 Å². The van der Waals surface area contributed by atoms with Crippen molar-refractivity contribution in [1.82, 2.24) is 9.88 Å². The van der Waals surface area contributed by atoms with Gasteiger partial charge in [-0.05, 0) is 31.7 Å². The average Bonchev–Trinajstić information content (AvgIpc) is 2.63. The van der Waals surface area contributed by atoms with Gasteiger partial charge in [-0.3, -0.25) is 4.79 Å². The smallest absolute Gasteiger partial charge is 0.268 e. The number of carbonyl (C=O) groups is 1. The molecule has 0 saturated heterocycles. The minimum Gasteiger partial charge on any atom is -0.397 e. The zero-order chi connectivity index (χ0) is 12.8. The van der Waals surface area contributed by atoms with Crippen LogP contribution in [0.25, 0.3) is 0 Å². The topological polar surface area (TPSA) is 60.0 Å². The van der Waals surface area contributed by atoms with Crippen LogP contribution in [0.2, 0.25) is 0 Å². The predicted molar refractivity (Wildman–Crippen MR) is 68.9 cm³/mol. The molecule has 0 bridgehead atoms. The van der Waals surface area contributed by atoms with Crippen LogP contribution in [0.4, 0.5) is 5.69 Å². The fourth-order valence-corrected chi connectivity index (χ4v) is 2.06. The summed E-state index contributed by atoms with van der Waals surface area (Å²) in [6.45, 7) is 8.40. The van der Waals surface area contributed by atoms with Gasteiger partial charge in [0.2, 0.25) is 0 Å². The van der Waals surface area contributed by atoms with Crippen LogP contribution in [0.5, 0.6) is 0 Å². The fraction of sp³-hybridized carbons (Fsp3) is 0.615. The van der Waals surface area contributed by atoms with Gasteiger partial charge in [-0.2, -0.15) is 0 Å². The van der Waals surface area contributed by atoms with Crippen LogP contribution in [0.3, 0.4) is 0 Å². The van der Waals surface area contributed by atoms with Crippen LogP contribution in [0, 0.1) is 5.41 Å². The number of hydrogen-bond acceptors (Lipinski definition) is 2. The summed E-state index contributed by atoms with van der Waals surface area (Å²) in [7, 11) is 0. The molecule has 1 amide bonds. The van der Waals surface area contributed by atoms with Gasteiger partial charge in [0, 0.05) is 18.3 Å². The van der Waals surface area contributed by atoms with Crippen LogP contribution in [0.1, 0.15) is 50.6 Å². The Hall–Kier alpha value is -1.45. The molecule has 4 nitrogen and oxygen atoms in total. The molecule has 0 spiro atoms. The van der Waals surface area contributed by atoms with Crippen molar-refractivity contribution in [2.45, 2.75) is 46.2 Å². The molecule has 4 heteroatoms. The van der Waals surface area contributed by atoms with E-state index in [0.717, 1.165) is 6.42 Å². The zero-order valence-electron chi connectivity index (χ0n) is 10.9. The monoisotopic (exact) mass is 235 g/mol. The fourth-order valence-electron chi connectivity index (χ4n) is 2.06. The molecule has 3 N–H and O–H groups in total. The highest BCUT2D eigenvalue weighted by atomic mass is 16.2. The molecule has 17 heavy (non-hydrogen) atoms. The maximum atomic E-state index is 12.1. The SMILES string of the molecule is CC(C)n1cc(N)cc1C(=O)NC1CC1(C)C. The Bertz CT molecular complexity index is 446. The second kappa shape index (κ2) is 3.79. The molecule has 0 aromatic carbocycles. The van der Waals surface area contributed by atoms with E-state index in [1.807, 2.05) is 24.6 Å². The number of carbonyl (C=O) groups excluding carboxylic acids is 1. The van der Waals surface area contributed by atoms with Crippen molar-refractivity contribution in [3.8, 4) is 0 Å². The summed E-state index contributed by atoms with van der Waals surface area (Å²) in [6, 6.07) is 2.28. The van der Waals surface area contributed by atoms with Crippen molar-refractivity contribution in [3.05, 3.63) is 18.0 Å². The molecule has 1 aromatic rings. The van der Waals surface area contributed by atoms with Gasteiger partial charge in [0.05, 0.1) is 5.69 Å². The average molecular weight is 235 g/mol. The zero-order valence-corrected chi connectivity index (χ0v) is 10.9. The number of aromatic nitrogens is 1. The normalized spacial score (nSPS) is 21.6. The van der Waals surface area contributed by atoms with Gasteiger partial charge in [-0.15, -0.1) is 0 Å². The van der Waals surface area contributed by atoms with Crippen LogP contribution in [-0.4, -0.2) is 16.5 Å². The van der Waals surface area contributed by atoms with Crippen molar-refractivity contribution in [3.63, 3.8) is 0 Å². The number of nitrogen functional groups attached to an aromatic ring is 1. The van der Waals surface area contributed by atoms with Crippen molar-refractivity contribution < 1.29 is 4.79 Å². The summed E-state index contributed by atoms with van der Waals surface area (Å²) < 4.78 is 1.92. The van der Waals surface area contributed by atoms with Gasteiger partial charge in [-0.1, -0.05) is 13.8 Å². The maximum Gasteiger partial charge on any atom is 0.268 e. The minimum absolute atomic E-state index is 0.0222. The van der Waals surface area contributed by atoms with E-state index in [9.17, 15) is 4.79 Å². The Morgan fingerprint density at radius 1 is 1.59 bits per heavy atom. The molecular weight excluding hydrogens is 214 g/mol. The summed E-state index contributed by atoms with van der Waals surface area (Å²) in [5.74, 6) is -0.0222. The maximum absolute atomic E-state index is 12.1.